The molecule has 0 aromatic carbocycles. The van der Waals surface area contributed by atoms with Crippen LogP contribution in [0, 0.1) is 0 Å². The van der Waals surface area contributed by atoms with Crippen LogP contribution in [0.25, 0.3) is 0 Å². The third-order valence-electron chi connectivity index (χ3n) is 1.78. The molecule has 0 unspecified atom stereocenters. The molecule has 0 aromatic rings. The van der Waals surface area contributed by atoms with E-state index in [1.54, 1.807) is 5.57 Å². The lowest BCUT2D eigenvalue weighted by molar-refractivity contribution is 0.672. The number of alkyl halides is 1. The van der Waals surface area contributed by atoms with Crippen LogP contribution in [0.2, 0.25) is 0 Å². The molecular weight excluding hydrogens is 144 g/mol. The smallest absolute Gasteiger partial charge is 0.0427 e. The van der Waals surface area contributed by atoms with Crippen molar-refractivity contribution in [1.82, 2.24) is 0 Å². The lowest BCUT2D eigenvalue weighted by atomic mass is 10.0. The lowest BCUT2D eigenvalue weighted by Gasteiger charge is -2.15. The maximum Gasteiger partial charge on any atom is 0.0427 e. The molecule has 0 aromatic heterocycles. The normalized spacial score (nSPS) is 19.3. The van der Waals surface area contributed by atoms with Gasteiger partial charge >= 0.3 is 0 Å². The van der Waals surface area contributed by atoms with Crippen molar-refractivity contribution < 1.29 is 0 Å². The molecule has 10 heavy (non-hydrogen) atoms. The molecule has 0 fully saturated rings. The van der Waals surface area contributed by atoms with E-state index in [1.807, 2.05) is 0 Å². The van der Waals surface area contributed by atoms with E-state index in [0.717, 1.165) is 6.42 Å². The van der Waals surface area contributed by atoms with E-state index in [4.69, 9.17) is 11.6 Å². The van der Waals surface area contributed by atoms with Gasteiger partial charge in [-0.3, -0.25) is 0 Å². The molecule has 0 heterocycles. The maximum absolute atomic E-state index is 6.07. The molecule has 0 N–H and O–H groups in total. The molecule has 0 spiro atoms. The molecule has 1 rings (SSSR count). The molecular formula is C9H15Cl. The zero-order valence-electron chi connectivity index (χ0n) is 6.78. The fraction of sp³-hybridized carbons (Fsp3) is 0.778. The van der Waals surface area contributed by atoms with Crippen molar-refractivity contribution in [1.29, 1.82) is 0 Å². The van der Waals surface area contributed by atoms with Crippen LogP contribution in [0.3, 0.4) is 0 Å². The van der Waals surface area contributed by atoms with E-state index in [2.05, 4.69) is 19.9 Å². The number of allylic oxidation sites excluding steroid dienone is 2. The molecule has 0 saturated carbocycles. The summed E-state index contributed by atoms with van der Waals surface area (Å²) >= 11 is 6.07. The Hall–Kier alpha value is 0.0300. The van der Waals surface area contributed by atoms with Crippen LogP contribution in [0.4, 0.5) is 0 Å². The minimum absolute atomic E-state index is 0.0316. The number of halogens is 1. The Morgan fingerprint density at radius 3 is 2.70 bits per heavy atom. The summed E-state index contributed by atoms with van der Waals surface area (Å²) in [6.07, 6.45) is 7.28. The summed E-state index contributed by atoms with van der Waals surface area (Å²) in [7, 11) is 0. The Bertz CT molecular complexity index is 139. The van der Waals surface area contributed by atoms with Gasteiger partial charge in [0.15, 0.2) is 0 Å². The van der Waals surface area contributed by atoms with Crippen molar-refractivity contribution >= 4 is 11.6 Å². The van der Waals surface area contributed by atoms with Gasteiger partial charge in [0.05, 0.1) is 0 Å². The molecule has 58 valence electrons. The van der Waals surface area contributed by atoms with Crippen molar-refractivity contribution in [3.05, 3.63) is 11.6 Å². The molecule has 0 atom stereocenters. The van der Waals surface area contributed by atoms with Crippen LogP contribution >= 0.6 is 11.6 Å². The first-order valence-electron chi connectivity index (χ1n) is 3.95. The second kappa shape index (κ2) is 2.96. The van der Waals surface area contributed by atoms with Crippen molar-refractivity contribution in [2.24, 2.45) is 0 Å². The van der Waals surface area contributed by atoms with E-state index < -0.39 is 0 Å². The Morgan fingerprint density at radius 1 is 1.60 bits per heavy atom. The minimum Gasteiger partial charge on any atom is -0.120 e. The molecule has 1 heteroatoms. The van der Waals surface area contributed by atoms with Gasteiger partial charge in [-0.25, -0.2) is 0 Å². The van der Waals surface area contributed by atoms with Crippen LogP contribution in [-0.4, -0.2) is 4.87 Å². The number of rotatable bonds is 2. The van der Waals surface area contributed by atoms with Crippen molar-refractivity contribution in [2.75, 3.05) is 0 Å². The fourth-order valence-electron chi connectivity index (χ4n) is 1.44. The van der Waals surface area contributed by atoms with E-state index in [-0.39, 0.29) is 4.87 Å². The van der Waals surface area contributed by atoms with Gasteiger partial charge in [-0.1, -0.05) is 11.6 Å². The van der Waals surface area contributed by atoms with E-state index in [9.17, 15) is 0 Å². The van der Waals surface area contributed by atoms with Crippen LogP contribution in [0.5, 0.6) is 0 Å². The lowest BCUT2D eigenvalue weighted by Crippen LogP contribution is -2.10. The Labute approximate surface area is 68.3 Å². The van der Waals surface area contributed by atoms with Gasteiger partial charge in [0.25, 0.3) is 0 Å². The van der Waals surface area contributed by atoms with Crippen molar-refractivity contribution in [3.63, 3.8) is 0 Å². The van der Waals surface area contributed by atoms with Gasteiger partial charge in [-0.05, 0) is 39.5 Å². The molecule has 0 radical (unpaired) electrons. The third-order valence-corrected chi connectivity index (χ3v) is 1.92. The van der Waals surface area contributed by atoms with Gasteiger partial charge in [-0.2, -0.15) is 0 Å². The topological polar surface area (TPSA) is 0 Å². The average Bonchev–Trinajstić information content (AvgIpc) is 2.12. The quantitative estimate of drug-likeness (QED) is 0.426. The molecule has 0 aliphatic heterocycles. The Balaban J connectivity index is 2.38. The summed E-state index contributed by atoms with van der Waals surface area (Å²) in [5, 5.41) is 0. The van der Waals surface area contributed by atoms with Gasteiger partial charge < -0.3 is 0 Å². The zero-order valence-corrected chi connectivity index (χ0v) is 7.54. The fourth-order valence-corrected chi connectivity index (χ4v) is 1.61. The largest absolute Gasteiger partial charge is 0.120 e. The van der Waals surface area contributed by atoms with E-state index in [0.29, 0.717) is 0 Å². The molecule has 0 amide bonds. The second-order valence-corrected chi connectivity index (χ2v) is 4.67. The molecule has 0 nitrogen and oxygen atoms in total. The highest BCUT2D eigenvalue weighted by molar-refractivity contribution is 6.23. The predicted octanol–water partition coefficient (Wildman–Crippen LogP) is 3.50. The first-order chi connectivity index (χ1) is 4.58. The monoisotopic (exact) mass is 158 g/mol. The van der Waals surface area contributed by atoms with Crippen LogP contribution in [-0.2, 0) is 0 Å². The van der Waals surface area contributed by atoms with E-state index in [1.165, 1.54) is 19.3 Å². The van der Waals surface area contributed by atoms with Crippen LogP contribution in [0.15, 0.2) is 11.6 Å². The molecule has 0 bridgehead atoms. The van der Waals surface area contributed by atoms with E-state index >= 15 is 0 Å². The Morgan fingerprint density at radius 2 is 2.30 bits per heavy atom. The molecule has 1 aliphatic carbocycles. The summed E-state index contributed by atoms with van der Waals surface area (Å²) in [6.45, 7) is 4.15. The number of hydrogen-bond donors (Lipinski definition) is 0. The van der Waals surface area contributed by atoms with Gasteiger partial charge in [0.2, 0.25) is 0 Å². The van der Waals surface area contributed by atoms with Crippen molar-refractivity contribution in [2.45, 2.75) is 44.4 Å². The SMILES string of the molecule is CC(C)(Cl)CC1=CCCC1. The maximum atomic E-state index is 6.07. The highest BCUT2D eigenvalue weighted by atomic mass is 35.5. The minimum atomic E-state index is -0.0316. The van der Waals surface area contributed by atoms with Gasteiger partial charge in [-0.15, -0.1) is 11.6 Å². The summed E-state index contributed by atoms with van der Waals surface area (Å²) in [5.41, 5.74) is 1.56. The summed E-state index contributed by atoms with van der Waals surface area (Å²) < 4.78 is 0. The first kappa shape index (κ1) is 8.13. The molecule has 0 saturated heterocycles. The first-order valence-corrected chi connectivity index (χ1v) is 4.32. The standard InChI is InChI=1S/C9H15Cl/c1-9(2,10)7-8-5-3-4-6-8/h5H,3-4,6-7H2,1-2H3. The predicted molar refractivity (Wildman–Crippen MR) is 46.5 cm³/mol. The average molecular weight is 159 g/mol. The summed E-state index contributed by atoms with van der Waals surface area (Å²) in [4.78, 5) is -0.0316. The highest BCUT2D eigenvalue weighted by Crippen LogP contribution is 2.29. The van der Waals surface area contributed by atoms with Crippen LogP contribution < -0.4 is 0 Å². The van der Waals surface area contributed by atoms with Crippen LogP contribution in [0.1, 0.15) is 39.5 Å². The third kappa shape index (κ3) is 2.74. The van der Waals surface area contributed by atoms with Gasteiger partial charge in [0.1, 0.15) is 0 Å². The molecule has 1 aliphatic rings. The highest BCUT2D eigenvalue weighted by Gasteiger charge is 2.16. The summed E-state index contributed by atoms with van der Waals surface area (Å²) in [6, 6.07) is 0. The van der Waals surface area contributed by atoms with Crippen molar-refractivity contribution in [3.8, 4) is 0 Å². The zero-order chi connectivity index (χ0) is 7.61. The summed E-state index contributed by atoms with van der Waals surface area (Å²) in [5.74, 6) is 0. The number of hydrogen-bond acceptors (Lipinski definition) is 0. The second-order valence-electron chi connectivity index (χ2n) is 3.65. The van der Waals surface area contributed by atoms with Gasteiger partial charge in [0, 0.05) is 4.87 Å². The Kier molecular flexibility index (Phi) is 2.40.